The van der Waals surface area contributed by atoms with Crippen LogP contribution >= 0.6 is 11.8 Å². The summed E-state index contributed by atoms with van der Waals surface area (Å²) in [5.74, 6) is 1.12. The van der Waals surface area contributed by atoms with E-state index >= 15 is 0 Å². The molecule has 0 saturated heterocycles. The first-order valence-corrected chi connectivity index (χ1v) is 7.49. The normalized spacial score (nSPS) is 23.1. The minimum atomic E-state index is -2.90. The summed E-state index contributed by atoms with van der Waals surface area (Å²) in [6, 6.07) is 10.1. The summed E-state index contributed by atoms with van der Waals surface area (Å²) in [6.45, 7) is 0. The van der Waals surface area contributed by atoms with Crippen molar-refractivity contribution in [2.24, 2.45) is 0 Å². The number of hydrogen-bond donors (Lipinski definition) is 0. The lowest BCUT2D eigenvalue weighted by Gasteiger charge is -2.05. The van der Waals surface area contributed by atoms with E-state index in [1.807, 2.05) is 18.2 Å². The minimum absolute atomic E-state index is 0.121. The van der Waals surface area contributed by atoms with Crippen LogP contribution in [0.1, 0.15) is 5.56 Å². The molecule has 0 fully saturated rings. The van der Waals surface area contributed by atoms with Crippen LogP contribution in [0.3, 0.4) is 0 Å². The monoisotopic (exact) mass is 240 g/mol. The Bertz CT molecular complexity index is 449. The van der Waals surface area contributed by atoms with Gasteiger partial charge in [0.25, 0.3) is 0 Å². The zero-order valence-electron chi connectivity index (χ0n) is 8.17. The topological polar surface area (TPSA) is 34.1 Å². The molecule has 1 aliphatic heterocycles. The lowest BCUT2D eigenvalue weighted by molar-refractivity contribution is 0.606. The van der Waals surface area contributed by atoms with Crippen LogP contribution in [0.15, 0.2) is 41.8 Å². The third kappa shape index (κ3) is 3.11. The molecule has 0 bridgehead atoms. The quantitative estimate of drug-likeness (QED) is 0.812. The van der Waals surface area contributed by atoms with Crippen LogP contribution in [-0.2, 0) is 15.6 Å². The van der Waals surface area contributed by atoms with Gasteiger partial charge in [0, 0.05) is 16.4 Å². The van der Waals surface area contributed by atoms with E-state index in [0.29, 0.717) is 0 Å². The van der Waals surface area contributed by atoms with Crippen molar-refractivity contribution in [1.29, 1.82) is 0 Å². The van der Waals surface area contributed by atoms with E-state index in [1.165, 1.54) is 11.0 Å². The first kappa shape index (κ1) is 10.8. The maximum atomic E-state index is 11.2. The van der Waals surface area contributed by atoms with Gasteiger partial charge in [-0.1, -0.05) is 36.4 Å². The minimum Gasteiger partial charge on any atom is -0.224 e. The maximum Gasteiger partial charge on any atom is 0.172 e. The fraction of sp³-hybridized carbons (Fsp3) is 0.273. The fourth-order valence-electron chi connectivity index (χ4n) is 1.43. The highest BCUT2D eigenvalue weighted by Gasteiger charge is 2.21. The van der Waals surface area contributed by atoms with Gasteiger partial charge in [-0.2, -0.15) is 0 Å². The summed E-state index contributed by atoms with van der Waals surface area (Å²) in [5, 5.41) is 1.45. The van der Waals surface area contributed by atoms with E-state index in [1.54, 1.807) is 17.8 Å². The van der Waals surface area contributed by atoms with Crippen molar-refractivity contribution in [2.45, 2.75) is 11.0 Å². The molecule has 1 aromatic carbocycles. The van der Waals surface area contributed by atoms with Crippen molar-refractivity contribution in [1.82, 2.24) is 0 Å². The number of rotatable bonds is 3. The second kappa shape index (κ2) is 4.41. The molecule has 0 spiro atoms. The number of thioether (sulfide) groups is 1. The molecular formula is C11H12O2S2. The van der Waals surface area contributed by atoms with E-state index in [4.69, 9.17) is 0 Å². The lowest BCUT2D eigenvalue weighted by Crippen LogP contribution is -2.07. The van der Waals surface area contributed by atoms with Gasteiger partial charge in [-0.3, -0.25) is 0 Å². The van der Waals surface area contributed by atoms with Gasteiger partial charge in [0.05, 0.1) is 5.75 Å². The van der Waals surface area contributed by atoms with Gasteiger partial charge < -0.3 is 0 Å². The molecule has 1 aliphatic rings. The molecule has 0 aliphatic carbocycles. The van der Waals surface area contributed by atoms with Gasteiger partial charge in [-0.15, -0.1) is 11.8 Å². The second-order valence-corrected chi connectivity index (χ2v) is 6.65. The summed E-state index contributed by atoms with van der Waals surface area (Å²) in [6.07, 6.45) is 1.78. The first-order valence-electron chi connectivity index (χ1n) is 4.72. The van der Waals surface area contributed by atoms with Crippen LogP contribution in [0, 0.1) is 0 Å². The summed E-state index contributed by atoms with van der Waals surface area (Å²) in [7, 11) is -2.90. The van der Waals surface area contributed by atoms with Crippen LogP contribution in [0.25, 0.3) is 0 Å². The predicted octanol–water partition coefficient (Wildman–Crippen LogP) is 2.23. The Kier molecular flexibility index (Phi) is 3.17. The Hall–Kier alpha value is -0.740. The first-order chi connectivity index (χ1) is 7.16. The van der Waals surface area contributed by atoms with Crippen LogP contribution in [0.4, 0.5) is 0 Å². The molecule has 1 atom stereocenters. The summed E-state index contributed by atoms with van der Waals surface area (Å²) in [4.78, 5) is 0. The number of hydrogen-bond acceptors (Lipinski definition) is 3. The molecule has 0 radical (unpaired) electrons. The van der Waals surface area contributed by atoms with E-state index in [2.05, 4.69) is 12.1 Å². The molecule has 1 unspecified atom stereocenters. The van der Waals surface area contributed by atoms with Gasteiger partial charge in [-0.05, 0) is 5.56 Å². The van der Waals surface area contributed by atoms with E-state index < -0.39 is 9.84 Å². The van der Waals surface area contributed by atoms with E-state index in [9.17, 15) is 8.42 Å². The Balaban J connectivity index is 1.89. The van der Waals surface area contributed by atoms with Crippen molar-refractivity contribution in [3.8, 4) is 0 Å². The van der Waals surface area contributed by atoms with Gasteiger partial charge in [0.1, 0.15) is 0 Å². The number of benzene rings is 1. The van der Waals surface area contributed by atoms with Gasteiger partial charge in [0.2, 0.25) is 0 Å². The molecule has 2 rings (SSSR count). The molecule has 1 aromatic rings. The third-order valence-electron chi connectivity index (χ3n) is 2.20. The molecule has 0 saturated carbocycles. The molecule has 80 valence electrons. The van der Waals surface area contributed by atoms with Crippen LogP contribution in [0.5, 0.6) is 0 Å². The predicted molar refractivity (Wildman–Crippen MR) is 64.5 cm³/mol. The van der Waals surface area contributed by atoms with Crippen molar-refractivity contribution < 1.29 is 8.42 Å². The van der Waals surface area contributed by atoms with Gasteiger partial charge >= 0.3 is 0 Å². The van der Waals surface area contributed by atoms with Crippen molar-refractivity contribution in [2.75, 3.05) is 5.75 Å². The maximum absolute atomic E-state index is 11.2. The van der Waals surface area contributed by atoms with Crippen LogP contribution in [0.2, 0.25) is 0 Å². The SMILES string of the molecule is O=S1(=O)C=CC(SCc2ccccc2)C1. The Labute approximate surface area is 94.3 Å². The highest BCUT2D eigenvalue weighted by molar-refractivity contribution is 8.01. The molecule has 0 N–H and O–H groups in total. The standard InChI is InChI=1S/C11H12O2S2/c12-15(13)7-6-11(9-15)14-8-10-4-2-1-3-5-10/h1-7,11H,8-9H2. The zero-order valence-corrected chi connectivity index (χ0v) is 9.80. The largest absolute Gasteiger partial charge is 0.224 e. The van der Waals surface area contributed by atoms with Crippen molar-refractivity contribution in [3.63, 3.8) is 0 Å². The highest BCUT2D eigenvalue weighted by Crippen LogP contribution is 2.24. The Morgan fingerprint density at radius 3 is 2.60 bits per heavy atom. The number of sulfone groups is 1. The molecular weight excluding hydrogens is 228 g/mol. The van der Waals surface area contributed by atoms with Crippen molar-refractivity contribution >= 4 is 21.6 Å². The fourth-order valence-corrected chi connectivity index (χ4v) is 4.38. The van der Waals surface area contributed by atoms with Gasteiger partial charge in [0.15, 0.2) is 9.84 Å². The lowest BCUT2D eigenvalue weighted by atomic mass is 10.2. The van der Waals surface area contributed by atoms with Crippen molar-refractivity contribution in [3.05, 3.63) is 47.4 Å². The summed E-state index contributed by atoms with van der Waals surface area (Å²) >= 11 is 1.67. The molecule has 1 heterocycles. The average Bonchev–Trinajstić information content (AvgIpc) is 2.57. The zero-order chi connectivity index (χ0) is 10.7. The molecule has 0 amide bonds. The third-order valence-corrected chi connectivity index (χ3v) is 5.06. The highest BCUT2D eigenvalue weighted by atomic mass is 32.2. The molecule has 0 aromatic heterocycles. The van der Waals surface area contributed by atoms with Crippen LogP contribution in [-0.4, -0.2) is 19.4 Å². The molecule has 2 nitrogen and oxygen atoms in total. The van der Waals surface area contributed by atoms with Crippen LogP contribution < -0.4 is 0 Å². The van der Waals surface area contributed by atoms with E-state index in [0.717, 1.165) is 5.75 Å². The average molecular weight is 240 g/mol. The van der Waals surface area contributed by atoms with Gasteiger partial charge in [-0.25, -0.2) is 8.42 Å². The summed E-state index contributed by atoms with van der Waals surface area (Å²) < 4.78 is 22.3. The smallest absolute Gasteiger partial charge is 0.172 e. The Morgan fingerprint density at radius 1 is 1.27 bits per heavy atom. The molecule has 15 heavy (non-hydrogen) atoms. The van der Waals surface area contributed by atoms with E-state index in [-0.39, 0.29) is 11.0 Å². The Morgan fingerprint density at radius 2 is 2.00 bits per heavy atom. The second-order valence-electron chi connectivity index (χ2n) is 3.49. The summed E-state index contributed by atoms with van der Waals surface area (Å²) in [5.41, 5.74) is 1.24. The molecule has 4 heteroatoms.